The number of piperidine rings is 1. The van der Waals surface area contributed by atoms with Crippen LogP contribution in [0.15, 0.2) is 18.3 Å². The number of halogens is 1. The molecule has 2 amide bonds. The zero-order chi connectivity index (χ0) is 21.5. The minimum absolute atomic E-state index is 0.0409. The van der Waals surface area contributed by atoms with Gasteiger partial charge in [0.25, 0.3) is 0 Å². The van der Waals surface area contributed by atoms with E-state index in [1.54, 1.807) is 6.20 Å². The number of amides is 2. The predicted octanol–water partition coefficient (Wildman–Crippen LogP) is 3.61. The number of H-pyrrole nitrogens is 1. The number of hydrogen-bond acceptors (Lipinski definition) is 4. The number of likely N-dealkylation sites (tertiary alicyclic amines) is 1. The Balaban J connectivity index is 1.40. The lowest BCUT2D eigenvalue weighted by molar-refractivity contribution is -0.0143. The van der Waals surface area contributed by atoms with Crippen LogP contribution < -0.4 is 5.32 Å². The summed E-state index contributed by atoms with van der Waals surface area (Å²) in [5.74, 6) is 0.269. The molecule has 2 fully saturated rings. The van der Waals surface area contributed by atoms with Gasteiger partial charge in [-0.2, -0.15) is 5.10 Å². The third kappa shape index (κ3) is 4.15. The van der Waals surface area contributed by atoms with Crippen LogP contribution in [0.5, 0.6) is 0 Å². The fourth-order valence-corrected chi connectivity index (χ4v) is 5.30. The van der Waals surface area contributed by atoms with E-state index in [4.69, 9.17) is 11.6 Å². The van der Waals surface area contributed by atoms with Gasteiger partial charge in [0.05, 0.1) is 23.9 Å². The highest BCUT2D eigenvalue weighted by Gasteiger charge is 2.40. The van der Waals surface area contributed by atoms with Crippen molar-refractivity contribution in [3.05, 3.63) is 28.9 Å². The summed E-state index contributed by atoms with van der Waals surface area (Å²) >= 11 is 6.27. The molecule has 1 unspecified atom stereocenters. The highest BCUT2D eigenvalue weighted by Crippen LogP contribution is 2.46. The Labute approximate surface area is 181 Å². The maximum Gasteiger partial charge on any atom is 0.317 e. The first-order valence-electron chi connectivity index (χ1n) is 10.8. The number of carbonyl (C=O) groups excluding carboxylic acids is 1. The molecule has 164 valence electrons. The van der Waals surface area contributed by atoms with Crippen LogP contribution in [0.4, 0.5) is 4.79 Å². The van der Waals surface area contributed by atoms with Crippen molar-refractivity contribution in [2.24, 2.45) is 11.3 Å². The molecule has 7 nitrogen and oxygen atoms in total. The summed E-state index contributed by atoms with van der Waals surface area (Å²) in [7, 11) is 0. The van der Waals surface area contributed by atoms with Crippen LogP contribution in [0.2, 0.25) is 5.02 Å². The largest absolute Gasteiger partial charge is 0.393 e. The fourth-order valence-electron chi connectivity index (χ4n) is 5.07. The molecule has 1 saturated heterocycles. The molecule has 4 N–H and O–H groups in total. The number of aliphatic hydroxyl groups excluding tert-OH is 2. The van der Waals surface area contributed by atoms with Crippen LogP contribution in [0.25, 0.3) is 10.9 Å². The number of nitrogens with zero attached hydrogens (tertiary/aromatic N) is 2. The quantitative estimate of drug-likeness (QED) is 0.590. The van der Waals surface area contributed by atoms with E-state index in [-0.39, 0.29) is 29.5 Å². The number of fused-ring (bicyclic) bond motifs is 1. The standard InChI is InChI=1S/C22H31ClN4O3/c1-22(2,20(29)17-9-14(23)10-19-18(17)12-24-26-19)13-5-7-27(8-6-13)21(30)25-15-3-4-16(28)11-15/h9-10,12-13,15-16,20,28-29H,3-8,11H2,1-2H3,(H,24,26)(H,25,30)/t15-,16-,20?/m1/s1. The molecule has 4 rings (SSSR count). The number of aromatic amines is 1. The molecule has 0 radical (unpaired) electrons. The van der Waals surface area contributed by atoms with Crippen molar-refractivity contribution < 1.29 is 15.0 Å². The summed E-state index contributed by atoms with van der Waals surface area (Å²) in [6.45, 7) is 5.51. The zero-order valence-corrected chi connectivity index (χ0v) is 18.3. The Kier molecular flexibility index (Phi) is 5.97. The van der Waals surface area contributed by atoms with E-state index in [9.17, 15) is 15.0 Å². The van der Waals surface area contributed by atoms with Gasteiger partial charge in [-0.3, -0.25) is 5.10 Å². The molecule has 30 heavy (non-hydrogen) atoms. The van der Waals surface area contributed by atoms with Gasteiger partial charge in [-0.05, 0) is 61.1 Å². The number of urea groups is 1. The van der Waals surface area contributed by atoms with Gasteiger partial charge in [0.2, 0.25) is 0 Å². The van der Waals surface area contributed by atoms with Crippen LogP contribution in [-0.2, 0) is 0 Å². The van der Waals surface area contributed by atoms with E-state index in [0.29, 0.717) is 24.5 Å². The van der Waals surface area contributed by atoms with Gasteiger partial charge in [0.1, 0.15) is 0 Å². The summed E-state index contributed by atoms with van der Waals surface area (Å²) in [5.41, 5.74) is 1.22. The fraction of sp³-hybridized carbons (Fsp3) is 0.636. The van der Waals surface area contributed by atoms with Crippen molar-refractivity contribution >= 4 is 28.5 Å². The lowest BCUT2D eigenvalue weighted by Gasteiger charge is -2.43. The van der Waals surface area contributed by atoms with Gasteiger partial charge in [-0.1, -0.05) is 25.4 Å². The lowest BCUT2D eigenvalue weighted by atomic mass is 9.68. The molecule has 2 aromatic rings. The van der Waals surface area contributed by atoms with Gasteiger partial charge in [-0.15, -0.1) is 0 Å². The molecule has 2 aliphatic rings. The summed E-state index contributed by atoms with van der Waals surface area (Å²) < 4.78 is 0. The van der Waals surface area contributed by atoms with Crippen molar-refractivity contribution in [3.63, 3.8) is 0 Å². The number of nitrogens with one attached hydrogen (secondary N) is 2. The zero-order valence-electron chi connectivity index (χ0n) is 17.6. The average Bonchev–Trinajstić information content (AvgIpc) is 3.35. The molecule has 0 bridgehead atoms. The van der Waals surface area contributed by atoms with Gasteiger partial charge in [-0.25, -0.2) is 4.79 Å². The van der Waals surface area contributed by atoms with Crippen molar-refractivity contribution in [1.29, 1.82) is 0 Å². The molecule has 3 atom stereocenters. The van der Waals surface area contributed by atoms with Crippen LogP contribution >= 0.6 is 11.6 Å². The van der Waals surface area contributed by atoms with Crippen LogP contribution in [0, 0.1) is 11.3 Å². The van der Waals surface area contributed by atoms with E-state index in [0.717, 1.165) is 42.1 Å². The van der Waals surface area contributed by atoms with Crippen molar-refractivity contribution in [3.8, 4) is 0 Å². The maximum atomic E-state index is 12.6. The molecule has 1 aliphatic heterocycles. The Morgan fingerprint density at radius 1 is 1.30 bits per heavy atom. The first-order chi connectivity index (χ1) is 14.3. The van der Waals surface area contributed by atoms with Crippen LogP contribution in [-0.4, -0.2) is 56.6 Å². The van der Waals surface area contributed by atoms with Gasteiger partial charge < -0.3 is 20.4 Å². The molecule has 1 aromatic carbocycles. The van der Waals surface area contributed by atoms with Gasteiger partial charge in [0, 0.05) is 29.5 Å². The number of aromatic nitrogens is 2. The molecule has 1 aliphatic carbocycles. The third-order valence-corrected chi connectivity index (χ3v) is 7.34. The number of carbonyl (C=O) groups is 1. The van der Waals surface area contributed by atoms with E-state index >= 15 is 0 Å². The maximum absolute atomic E-state index is 12.6. The average molecular weight is 435 g/mol. The number of rotatable bonds is 4. The molecule has 1 aromatic heterocycles. The van der Waals surface area contributed by atoms with E-state index < -0.39 is 6.10 Å². The Morgan fingerprint density at radius 3 is 2.70 bits per heavy atom. The highest BCUT2D eigenvalue weighted by molar-refractivity contribution is 6.31. The molecular formula is C22H31ClN4O3. The summed E-state index contributed by atoms with van der Waals surface area (Å²) in [4.78, 5) is 14.4. The minimum atomic E-state index is -0.693. The molecule has 1 saturated carbocycles. The first-order valence-corrected chi connectivity index (χ1v) is 11.2. The van der Waals surface area contributed by atoms with E-state index in [2.05, 4.69) is 29.4 Å². The highest BCUT2D eigenvalue weighted by atomic mass is 35.5. The summed E-state index contributed by atoms with van der Waals surface area (Å²) in [6, 6.07) is 3.67. The van der Waals surface area contributed by atoms with Crippen molar-refractivity contribution in [2.75, 3.05) is 13.1 Å². The molecule has 8 heteroatoms. The second-order valence-corrected chi connectivity index (χ2v) is 9.86. The first kappa shape index (κ1) is 21.4. The summed E-state index contributed by atoms with van der Waals surface area (Å²) in [5, 5.41) is 32.5. The van der Waals surface area contributed by atoms with Crippen molar-refractivity contribution in [1.82, 2.24) is 20.4 Å². The monoisotopic (exact) mass is 434 g/mol. The summed E-state index contributed by atoms with van der Waals surface area (Å²) in [6.07, 6.45) is 4.64. The lowest BCUT2D eigenvalue weighted by Crippen LogP contribution is -2.49. The van der Waals surface area contributed by atoms with Crippen molar-refractivity contribution in [2.45, 2.75) is 64.2 Å². The van der Waals surface area contributed by atoms with Crippen LogP contribution in [0.1, 0.15) is 57.6 Å². The van der Waals surface area contributed by atoms with E-state index in [1.165, 1.54) is 0 Å². The minimum Gasteiger partial charge on any atom is -0.393 e. The normalized spacial score (nSPS) is 24.4. The molecule has 2 heterocycles. The SMILES string of the molecule is CC(C)(C1CCN(C(=O)N[C@@H]2CC[C@@H](O)C2)CC1)C(O)c1cc(Cl)cc2[nH]ncc12. The Morgan fingerprint density at radius 2 is 2.03 bits per heavy atom. The smallest absolute Gasteiger partial charge is 0.317 e. The second-order valence-electron chi connectivity index (χ2n) is 9.42. The molecule has 0 spiro atoms. The Hall–Kier alpha value is -1.83. The Bertz CT molecular complexity index is 907. The van der Waals surface area contributed by atoms with Gasteiger partial charge >= 0.3 is 6.03 Å². The topological polar surface area (TPSA) is 101 Å². The van der Waals surface area contributed by atoms with E-state index in [1.807, 2.05) is 17.0 Å². The predicted molar refractivity (Wildman–Crippen MR) is 116 cm³/mol. The number of hydrogen-bond donors (Lipinski definition) is 4. The third-order valence-electron chi connectivity index (χ3n) is 7.12. The molecular weight excluding hydrogens is 404 g/mol. The number of benzene rings is 1. The van der Waals surface area contributed by atoms with Gasteiger partial charge in [0.15, 0.2) is 0 Å². The second kappa shape index (κ2) is 8.36. The van der Waals surface area contributed by atoms with Crippen LogP contribution in [0.3, 0.4) is 0 Å². The number of aliphatic hydroxyl groups is 2.